The number of rotatable bonds is 3. The summed E-state index contributed by atoms with van der Waals surface area (Å²) in [6.07, 6.45) is 1.96. The summed E-state index contributed by atoms with van der Waals surface area (Å²) in [5.74, 6) is -0.197. The Hall–Kier alpha value is -0.790. The molecule has 0 aromatic carbocycles. The second kappa shape index (κ2) is 3.95. The molecule has 0 bridgehead atoms. The lowest BCUT2D eigenvalue weighted by atomic mass is 9.66. The van der Waals surface area contributed by atoms with Crippen molar-refractivity contribution in [1.82, 2.24) is 0 Å². The summed E-state index contributed by atoms with van der Waals surface area (Å²) in [7, 11) is 0. The second-order valence-corrected chi connectivity index (χ2v) is 4.51. The number of hydrogen-bond donors (Lipinski definition) is 0. The van der Waals surface area contributed by atoms with Gasteiger partial charge in [-0.3, -0.25) is 4.79 Å². The van der Waals surface area contributed by atoms with Crippen LogP contribution in [0.2, 0.25) is 0 Å². The molecule has 1 unspecified atom stereocenters. The van der Waals surface area contributed by atoms with Gasteiger partial charge in [-0.25, -0.2) is 0 Å². The number of carbonyl (C=O) groups excluding carboxylic acids is 1. The first-order chi connectivity index (χ1) is 5.79. The fourth-order valence-electron chi connectivity index (χ4n) is 1.19. The summed E-state index contributed by atoms with van der Waals surface area (Å²) in [5.41, 5.74) is -0.539. The van der Waals surface area contributed by atoms with Crippen molar-refractivity contribution in [2.45, 2.75) is 41.0 Å². The fourth-order valence-corrected chi connectivity index (χ4v) is 1.19. The monoisotopic (exact) mass is 184 g/mol. The molecule has 0 radical (unpaired) electrons. The number of esters is 1. The first kappa shape index (κ1) is 12.2. The van der Waals surface area contributed by atoms with Gasteiger partial charge in [0.15, 0.2) is 0 Å². The van der Waals surface area contributed by atoms with E-state index in [1.807, 2.05) is 34.6 Å². The Bertz CT molecular complexity index is 201. The van der Waals surface area contributed by atoms with Crippen molar-refractivity contribution in [3.8, 4) is 0 Å². The van der Waals surface area contributed by atoms with E-state index < -0.39 is 5.41 Å². The molecule has 0 aromatic heterocycles. The topological polar surface area (TPSA) is 26.3 Å². The van der Waals surface area contributed by atoms with E-state index in [-0.39, 0.29) is 11.4 Å². The van der Waals surface area contributed by atoms with Gasteiger partial charge in [-0.2, -0.15) is 0 Å². The van der Waals surface area contributed by atoms with Gasteiger partial charge in [0.1, 0.15) is 0 Å². The predicted molar refractivity (Wildman–Crippen MR) is 54.1 cm³/mol. The van der Waals surface area contributed by atoms with E-state index in [9.17, 15) is 4.79 Å². The molecule has 0 heterocycles. The minimum atomic E-state index is -0.443. The summed E-state index contributed by atoms with van der Waals surface area (Å²) < 4.78 is 4.85. The molecule has 0 rings (SSSR count). The SMILES string of the molecule is C=COC(=O)C(C)(CC)C(C)(C)C. The van der Waals surface area contributed by atoms with Gasteiger partial charge in [0.25, 0.3) is 0 Å². The number of carbonyl (C=O) groups is 1. The van der Waals surface area contributed by atoms with Crippen LogP contribution >= 0.6 is 0 Å². The Morgan fingerprint density at radius 2 is 1.85 bits per heavy atom. The highest BCUT2D eigenvalue weighted by atomic mass is 16.5. The molecule has 0 saturated carbocycles. The summed E-state index contributed by atoms with van der Waals surface area (Å²) in [6.45, 7) is 13.4. The molecule has 0 spiro atoms. The molecular weight excluding hydrogens is 164 g/mol. The highest BCUT2D eigenvalue weighted by Crippen LogP contribution is 2.42. The molecule has 76 valence electrons. The maximum Gasteiger partial charge on any atom is 0.317 e. The predicted octanol–water partition coefficient (Wildman–Crippen LogP) is 3.14. The molecule has 2 nitrogen and oxygen atoms in total. The zero-order valence-corrected chi connectivity index (χ0v) is 9.31. The van der Waals surface area contributed by atoms with Crippen LogP contribution in [-0.4, -0.2) is 5.97 Å². The Balaban J connectivity index is 4.83. The van der Waals surface area contributed by atoms with Crippen LogP contribution in [0.5, 0.6) is 0 Å². The maximum absolute atomic E-state index is 11.6. The number of ether oxygens (including phenoxy) is 1. The molecule has 0 fully saturated rings. The molecule has 13 heavy (non-hydrogen) atoms. The van der Waals surface area contributed by atoms with Gasteiger partial charge in [0, 0.05) is 0 Å². The van der Waals surface area contributed by atoms with E-state index in [1.54, 1.807) is 0 Å². The summed E-state index contributed by atoms with van der Waals surface area (Å²) in [4.78, 5) is 11.6. The van der Waals surface area contributed by atoms with Crippen molar-refractivity contribution >= 4 is 5.97 Å². The van der Waals surface area contributed by atoms with E-state index >= 15 is 0 Å². The van der Waals surface area contributed by atoms with Crippen LogP contribution in [0.3, 0.4) is 0 Å². The van der Waals surface area contributed by atoms with Crippen molar-refractivity contribution in [2.24, 2.45) is 10.8 Å². The normalized spacial score (nSPS) is 16.1. The third-order valence-electron chi connectivity index (χ3n) is 3.00. The molecule has 0 aromatic rings. The molecule has 0 saturated heterocycles. The quantitative estimate of drug-likeness (QED) is 0.497. The van der Waals surface area contributed by atoms with Crippen molar-refractivity contribution in [3.63, 3.8) is 0 Å². The van der Waals surface area contributed by atoms with E-state index in [0.717, 1.165) is 6.42 Å². The molecule has 1 atom stereocenters. The Morgan fingerprint density at radius 3 is 2.08 bits per heavy atom. The van der Waals surface area contributed by atoms with Gasteiger partial charge in [0.05, 0.1) is 11.7 Å². The van der Waals surface area contributed by atoms with Crippen LogP contribution in [0.15, 0.2) is 12.8 Å². The minimum absolute atomic E-state index is 0.0954. The first-order valence-electron chi connectivity index (χ1n) is 4.61. The van der Waals surface area contributed by atoms with E-state index in [0.29, 0.717) is 0 Å². The number of hydrogen-bond acceptors (Lipinski definition) is 2. The molecule has 0 aliphatic carbocycles. The van der Waals surface area contributed by atoms with Crippen LogP contribution in [0.25, 0.3) is 0 Å². The van der Waals surface area contributed by atoms with Crippen LogP contribution in [0.1, 0.15) is 41.0 Å². The zero-order valence-electron chi connectivity index (χ0n) is 9.31. The van der Waals surface area contributed by atoms with Crippen molar-refractivity contribution in [1.29, 1.82) is 0 Å². The van der Waals surface area contributed by atoms with Crippen molar-refractivity contribution in [2.75, 3.05) is 0 Å². The Kier molecular flexibility index (Phi) is 3.71. The average Bonchev–Trinajstić information content (AvgIpc) is 2.01. The molecule has 0 aliphatic rings. The van der Waals surface area contributed by atoms with Gasteiger partial charge in [0.2, 0.25) is 0 Å². The van der Waals surface area contributed by atoms with E-state index in [4.69, 9.17) is 4.74 Å². The molecular formula is C11H20O2. The maximum atomic E-state index is 11.6. The van der Waals surface area contributed by atoms with Gasteiger partial charge < -0.3 is 4.74 Å². The van der Waals surface area contributed by atoms with Crippen molar-refractivity contribution in [3.05, 3.63) is 12.8 Å². The lowest BCUT2D eigenvalue weighted by molar-refractivity contribution is -0.156. The van der Waals surface area contributed by atoms with Crippen LogP contribution in [-0.2, 0) is 9.53 Å². The standard InChI is InChI=1S/C11H20O2/c1-7-11(6,10(3,4)5)9(12)13-8-2/h8H,2,7H2,1,3-6H3. The van der Waals surface area contributed by atoms with E-state index in [1.165, 1.54) is 6.26 Å². The van der Waals surface area contributed by atoms with Crippen LogP contribution in [0.4, 0.5) is 0 Å². The highest BCUT2D eigenvalue weighted by Gasteiger charge is 2.43. The van der Waals surface area contributed by atoms with Gasteiger partial charge in [-0.15, -0.1) is 0 Å². The smallest absolute Gasteiger partial charge is 0.317 e. The lowest BCUT2D eigenvalue weighted by Crippen LogP contribution is -2.40. The van der Waals surface area contributed by atoms with Gasteiger partial charge in [-0.1, -0.05) is 34.3 Å². The molecule has 0 amide bonds. The summed E-state index contributed by atoms with van der Waals surface area (Å²) in [5, 5.41) is 0. The highest BCUT2D eigenvalue weighted by molar-refractivity contribution is 5.77. The van der Waals surface area contributed by atoms with Crippen LogP contribution in [0, 0.1) is 10.8 Å². The summed E-state index contributed by atoms with van der Waals surface area (Å²) >= 11 is 0. The van der Waals surface area contributed by atoms with Crippen LogP contribution < -0.4 is 0 Å². The zero-order chi connectivity index (χ0) is 10.7. The summed E-state index contributed by atoms with van der Waals surface area (Å²) in [6, 6.07) is 0. The first-order valence-corrected chi connectivity index (χ1v) is 4.61. The largest absolute Gasteiger partial charge is 0.435 e. The minimum Gasteiger partial charge on any atom is -0.435 e. The van der Waals surface area contributed by atoms with Gasteiger partial charge in [-0.05, 0) is 18.8 Å². The third kappa shape index (κ3) is 2.33. The van der Waals surface area contributed by atoms with Gasteiger partial charge >= 0.3 is 5.97 Å². The molecule has 2 heteroatoms. The van der Waals surface area contributed by atoms with Crippen molar-refractivity contribution < 1.29 is 9.53 Å². The average molecular weight is 184 g/mol. The third-order valence-corrected chi connectivity index (χ3v) is 3.00. The lowest BCUT2D eigenvalue weighted by Gasteiger charge is -2.38. The second-order valence-electron chi connectivity index (χ2n) is 4.51. The fraction of sp³-hybridized carbons (Fsp3) is 0.727. The molecule has 0 N–H and O–H groups in total. The van der Waals surface area contributed by atoms with E-state index in [2.05, 4.69) is 6.58 Å². The molecule has 0 aliphatic heterocycles. The Morgan fingerprint density at radius 1 is 1.38 bits per heavy atom. The Labute approximate surface area is 81.0 Å².